The second kappa shape index (κ2) is 10.3. The molecule has 0 saturated carbocycles. The highest BCUT2D eigenvalue weighted by atomic mass is 16.5. The fourth-order valence-corrected chi connectivity index (χ4v) is 4.17. The molecule has 0 saturated heterocycles. The van der Waals surface area contributed by atoms with Crippen molar-refractivity contribution in [3.63, 3.8) is 0 Å². The van der Waals surface area contributed by atoms with Crippen LogP contribution < -0.4 is 10.1 Å². The van der Waals surface area contributed by atoms with Crippen molar-refractivity contribution in [3.05, 3.63) is 94.8 Å². The standard InChI is InChI=1S/C28H31N3O2/c1-20-11-4-5-14-23(20)28(32)29-19-26-30-24-15-6-7-16-25(24)31(26)17-8-9-18-33-27-21(2)12-10-13-22(27)3/h4-7,10-16H,8-9,17-19H2,1-3H3,(H,29,32). The number of para-hydroxylation sites is 3. The molecule has 1 N–H and O–H groups in total. The van der Waals surface area contributed by atoms with Crippen LogP contribution in [0.1, 0.15) is 45.7 Å². The van der Waals surface area contributed by atoms with Gasteiger partial charge >= 0.3 is 0 Å². The van der Waals surface area contributed by atoms with Crippen LogP contribution in [0.25, 0.3) is 11.0 Å². The van der Waals surface area contributed by atoms with Crippen LogP contribution in [-0.4, -0.2) is 22.1 Å². The van der Waals surface area contributed by atoms with Gasteiger partial charge in [0.1, 0.15) is 11.6 Å². The summed E-state index contributed by atoms with van der Waals surface area (Å²) < 4.78 is 8.28. The zero-order valence-corrected chi connectivity index (χ0v) is 19.6. The normalized spacial score (nSPS) is 11.0. The predicted octanol–water partition coefficient (Wildman–Crippen LogP) is 5.75. The molecule has 0 atom stereocenters. The largest absolute Gasteiger partial charge is 0.493 e. The monoisotopic (exact) mass is 441 g/mol. The van der Waals surface area contributed by atoms with E-state index in [9.17, 15) is 4.79 Å². The number of nitrogens with one attached hydrogen (secondary N) is 1. The van der Waals surface area contributed by atoms with E-state index < -0.39 is 0 Å². The van der Waals surface area contributed by atoms with Crippen molar-refractivity contribution in [3.8, 4) is 5.75 Å². The highest BCUT2D eigenvalue weighted by Crippen LogP contribution is 2.23. The smallest absolute Gasteiger partial charge is 0.251 e. The van der Waals surface area contributed by atoms with Gasteiger partial charge < -0.3 is 14.6 Å². The number of hydrogen-bond donors (Lipinski definition) is 1. The van der Waals surface area contributed by atoms with Crippen LogP contribution in [0.5, 0.6) is 5.75 Å². The molecule has 0 aliphatic carbocycles. The molecule has 33 heavy (non-hydrogen) atoms. The number of hydrogen-bond acceptors (Lipinski definition) is 3. The molecule has 1 aromatic heterocycles. The number of carbonyl (C=O) groups excluding carboxylic acids is 1. The molecule has 0 aliphatic heterocycles. The molecule has 5 heteroatoms. The lowest BCUT2D eigenvalue weighted by atomic mass is 10.1. The average molecular weight is 442 g/mol. The van der Waals surface area contributed by atoms with Gasteiger partial charge in [0.05, 0.1) is 24.2 Å². The van der Waals surface area contributed by atoms with E-state index in [0.29, 0.717) is 18.7 Å². The van der Waals surface area contributed by atoms with E-state index in [-0.39, 0.29) is 5.91 Å². The Morgan fingerprint density at radius 1 is 0.879 bits per heavy atom. The Kier molecular flexibility index (Phi) is 7.08. The maximum absolute atomic E-state index is 12.7. The lowest BCUT2D eigenvalue weighted by Gasteiger charge is -2.13. The van der Waals surface area contributed by atoms with Gasteiger partial charge in [0.15, 0.2) is 0 Å². The lowest BCUT2D eigenvalue weighted by molar-refractivity contribution is 0.0949. The Bertz CT molecular complexity index is 1240. The van der Waals surface area contributed by atoms with Crippen LogP contribution in [0.4, 0.5) is 0 Å². The van der Waals surface area contributed by atoms with E-state index in [1.807, 2.05) is 49.4 Å². The summed E-state index contributed by atoms with van der Waals surface area (Å²) in [5.41, 5.74) is 6.04. The SMILES string of the molecule is Cc1ccccc1C(=O)NCc1nc2ccccc2n1CCCCOc1c(C)cccc1C. The first kappa shape index (κ1) is 22.6. The van der Waals surface area contributed by atoms with Crippen molar-refractivity contribution < 1.29 is 9.53 Å². The van der Waals surface area contributed by atoms with Crippen LogP contribution in [-0.2, 0) is 13.1 Å². The Balaban J connectivity index is 1.40. The third-order valence-electron chi connectivity index (χ3n) is 5.96. The number of imidazole rings is 1. The minimum Gasteiger partial charge on any atom is -0.493 e. The van der Waals surface area contributed by atoms with Crippen molar-refractivity contribution in [2.75, 3.05) is 6.61 Å². The highest BCUT2D eigenvalue weighted by molar-refractivity contribution is 5.95. The van der Waals surface area contributed by atoms with E-state index >= 15 is 0 Å². The summed E-state index contributed by atoms with van der Waals surface area (Å²) in [5.74, 6) is 1.78. The van der Waals surface area contributed by atoms with Gasteiger partial charge in [-0.25, -0.2) is 4.98 Å². The predicted molar refractivity (Wildman–Crippen MR) is 133 cm³/mol. The van der Waals surface area contributed by atoms with Crippen LogP contribution in [0.3, 0.4) is 0 Å². The van der Waals surface area contributed by atoms with Gasteiger partial charge in [-0.2, -0.15) is 0 Å². The zero-order chi connectivity index (χ0) is 23.2. The van der Waals surface area contributed by atoms with Gasteiger partial charge in [0.25, 0.3) is 5.91 Å². The van der Waals surface area contributed by atoms with E-state index in [0.717, 1.165) is 47.6 Å². The number of carbonyl (C=O) groups is 1. The maximum Gasteiger partial charge on any atom is 0.251 e. The topological polar surface area (TPSA) is 56.2 Å². The molecule has 5 nitrogen and oxygen atoms in total. The van der Waals surface area contributed by atoms with E-state index in [2.05, 4.69) is 48.0 Å². The van der Waals surface area contributed by atoms with Gasteiger partial charge in [-0.05, 0) is 68.5 Å². The number of unbranched alkanes of at least 4 members (excludes halogenated alkanes) is 1. The number of fused-ring (bicyclic) bond motifs is 1. The number of benzene rings is 3. The van der Waals surface area contributed by atoms with E-state index in [1.165, 1.54) is 11.1 Å². The Morgan fingerprint density at radius 3 is 2.36 bits per heavy atom. The summed E-state index contributed by atoms with van der Waals surface area (Å²) in [6, 6.07) is 22.0. The molecule has 0 radical (unpaired) electrons. The molecule has 1 amide bonds. The van der Waals surface area contributed by atoms with Gasteiger partial charge in [-0.15, -0.1) is 0 Å². The molecule has 4 aromatic rings. The first-order valence-electron chi connectivity index (χ1n) is 11.5. The van der Waals surface area contributed by atoms with Crippen molar-refractivity contribution >= 4 is 16.9 Å². The second-order valence-electron chi connectivity index (χ2n) is 8.44. The molecule has 0 unspecified atom stereocenters. The lowest BCUT2D eigenvalue weighted by Crippen LogP contribution is -2.25. The minimum atomic E-state index is -0.0753. The van der Waals surface area contributed by atoms with Crippen molar-refractivity contribution in [2.45, 2.75) is 46.7 Å². The first-order valence-corrected chi connectivity index (χ1v) is 11.5. The average Bonchev–Trinajstić information content (AvgIpc) is 3.16. The van der Waals surface area contributed by atoms with E-state index in [1.54, 1.807) is 0 Å². The van der Waals surface area contributed by atoms with Crippen LogP contribution in [0, 0.1) is 20.8 Å². The highest BCUT2D eigenvalue weighted by Gasteiger charge is 2.13. The molecule has 0 spiro atoms. The van der Waals surface area contributed by atoms with Crippen molar-refractivity contribution in [1.82, 2.24) is 14.9 Å². The number of amides is 1. The fourth-order valence-electron chi connectivity index (χ4n) is 4.17. The summed E-state index contributed by atoms with van der Waals surface area (Å²) in [4.78, 5) is 17.5. The Labute approximate surface area is 195 Å². The van der Waals surface area contributed by atoms with Crippen LogP contribution >= 0.6 is 0 Å². The summed E-state index contributed by atoms with van der Waals surface area (Å²) in [5, 5.41) is 3.05. The Hall–Kier alpha value is -3.60. The molecular weight excluding hydrogens is 410 g/mol. The number of aromatic nitrogens is 2. The molecule has 0 fully saturated rings. The summed E-state index contributed by atoms with van der Waals surface area (Å²) in [6.07, 6.45) is 1.90. The second-order valence-corrected chi connectivity index (χ2v) is 8.44. The Morgan fingerprint density at radius 2 is 1.58 bits per heavy atom. The molecule has 1 heterocycles. The zero-order valence-electron chi connectivity index (χ0n) is 19.6. The third kappa shape index (κ3) is 5.25. The number of rotatable bonds is 9. The maximum atomic E-state index is 12.7. The minimum absolute atomic E-state index is 0.0753. The van der Waals surface area contributed by atoms with E-state index in [4.69, 9.17) is 9.72 Å². The van der Waals surface area contributed by atoms with Crippen LogP contribution in [0.2, 0.25) is 0 Å². The molecule has 0 aliphatic rings. The molecular formula is C28H31N3O2. The number of aryl methyl sites for hydroxylation is 4. The molecule has 4 rings (SSSR count). The quantitative estimate of drug-likeness (QED) is 0.337. The molecule has 170 valence electrons. The molecule has 0 bridgehead atoms. The number of ether oxygens (including phenoxy) is 1. The van der Waals surface area contributed by atoms with Gasteiger partial charge in [-0.1, -0.05) is 48.5 Å². The van der Waals surface area contributed by atoms with Gasteiger partial charge in [0, 0.05) is 12.1 Å². The summed E-state index contributed by atoms with van der Waals surface area (Å²) in [7, 11) is 0. The van der Waals surface area contributed by atoms with Crippen molar-refractivity contribution in [2.24, 2.45) is 0 Å². The first-order chi connectivity index (χ1) is 16.0. The summed E-state index contributed by atoms with van der Waals surface area (Å²) >= 11 is 0. The fraction of sp³-hybridized carbons (Fsp3) is 0.286. The van der Waals surface area contributed by atoms with Crippen molar-refractivity contribution in [1.29, 1.82) is 0 Å². The van der Waals surface area contributed by atoms with Gasteiger partial charge in [0.2, 0.25) is 0 Å². The third-order valence-corrected chi connectivity index (χ3v) is 5.96. The number of nitrogens with zero attached hydrogens (tertiary/aromatic N) is 2. The summed E-state index contributed by atoms with van der Waals surface area (Å²) in [6.45, 7) is 8.00. The van der Waals surface area contributed by atoms with Crippen LogP contribution in [0.15, 0.2) is 66.7 Å². The van der Waals surface area contributed by atoms with Gasteiger partial charge in [-0.3, -0.25) is 4.79 Å². The molecule has 3 aromatic carbocycles.